The van der Waals surface area contributed by atoms with Crippen molar-refractivity contribution in [2.24, 2.45) is 0 Å². The lowest BCUT2D eigenvalue weighted by atomic mass is 10.1. The number of nitrogens with zero attached hydrogens (tertiary/aromatic N) is 1. The van der Waals surface area contributed by atoms with E-state index in [0.717, 1.165) is 12.1 Å². The van der Waals surface area contributed by atoms with E-state index >= 15 is 0 Å². The highest BCUT2D eigenvalue weighted by Gasteiger charge is 2.32. The Balaban J connectivity index is 1.51. The van der Waals surface area contributed by atoms with Gasteiger partial charge in [0.1, 0.15) is 0 Å². The molecule has 2 aromatic rings. The second-order valence-corrected chi connectivity index (χ2v) is 9.36. The van der Waals surface area contributed by atoms with Crippen LogP contribution >= 0.6 is 0 Å². The first-order valence-electron chi connectivity index (χ1n) is 9.41. The number of likely N-dealkylation sites (tertiary alicyclic amines) is 1. The van der Waals surface area contributed by atoms with Crippen LogP contribution in [0.1, 0.15) is 30.4 Å². The van der Waals surface area contributed by atoms with Crippen molar-refractivity contribution in [2.45, 2.75) is 42.0 Å². The Kier molecular flexibility index (Phi) is 6.31. The topological polar surface area (TPSA) is 54.5 Å². The van der Waals surface area contributed by atoms with Crippen LogP contribution in [-0.2, 0) is 27.2 Å². The van der Waals surface area contributed by atoms with Crippen molar-refractivity contribution in [3.05, 3.63) is 65.7 Å². The maximum absolute atomic E-state index is 12.7. The largest absolute Gasteiger partial charge is 0.416 e. The number of aryl methyl sites for hydroxylation is 1. The molecule has 156 valence electrons. The molecule has 0 N–H and O–H groups in total. The van der Waals surface area contributed by atoms with E-state index in [1.807, 2.05) is 0 Å². The van der Waals surface area contributed by atoms with Crippen LogP contribution in [-0.4, -0.2) is 37.6 Å². The fourth-order valence-electron chi connectivity index (χ4n) is 3.49. The van der Waals surface area contributed by atoms with Crippen LogP contribution in [0.15, 0.2) is 59.5 Å². The lowest BCUT2D eigenvalue weighted by Gasteiger charge is -2.32. The molecule has 0 aromatic heterocycles. The van der Waals surface area contributed by atoms with Crippen LogP contribution in [0.2, 0.25) is 0 Å². The van der Waals surface area contributed by atoms with E-state index in [1.165, 1.54) is 12.1 Å². The monoisotopic (exact) mass is 425 g/mol. The highest BCUT2D eigenvalue weighted by molar-refractivity contribution is 7.92. The van der Waals surface area contributed by atoms with E-state index in [-0.39, 0.29) is 12.3 Å². The minimum atomic E-state index is -4.38. The molecular formula is C21H22F3NO3S. The third-order valence-electron chi connectivity index (χ3n) is 5.21. The zero-order chi connectivity index (χ0) is 21.1. The lowest BCUT2D eigenvalue weighted by molar-refractivity contribution is -0.137. The predicted octanol–water partition coefficient (Wildman–Crippen LogP) is 4.10. The molecule has 0 spiro atoms. The van der Waals surface area contributed by atoms with Gasteiger partial charge in [-0.1, -0.05) is 30.3 Å². The van der Waals surface area contributed by atoms with Crippen LogP contribution < -0.4 is 0 Å². The predicted molar refractivity (Wildman–Crippen MR) is 103 cm³/mol. The standard InChI is InChI=1S/C21H22F3NO3S/c22-21(23,24)17-9-6-16(7-10-17)8-11-20(26)25-14-12-19(13-15-25)29(27,28)18-4-2-1-3-5-18/h1-7,9-10,19H,8,11-15H2. The Morgan fingerprint density at radius 2 is 1.55 bits per heavy atom. The molecule has 0 radical (unpaired) electrons. The highest BCUT2D eigenvalue weighted by Crippen LogP contribution is 2.29. The summed E-state index contributed by atoms with van der Waals surface area (Å²) in [7, 11) is -3.41. The number of carbonyl (C=O) groups is 1. The molecule has 1 heterocycles. The number of carbonyl (C=O) groups excluding carboxylic acids is 1. The van der Waals surface area contributed by atoms with Crippen LogP contribution in [0.25, 0.3) is 0 Å². The van der Waals surface area contributed by atoms with Gasteiger partial charge in [0, 0.05) is 19.5 Å². The molecule has 2 aromatic carbocycles. The molecule has 1 aliphatic rings. The van der Waals surface area contributed by atoms with Gasteiger partial charge in [-0.25, -0.2) is 8.42 Å². The van der Waals surface area contributed by atoms with E-state index < -0.39 is 26.8 Å². The van der Waals surface area contributed by atoms with Crippen molar-refractivity contribution in [1.29, 1.82) is 0 Å². The number of hydrogen-bond acceptors (Lipinski definition) is 3. The van der Waals surface area contributed by atoms with Crippen molar-refractivity contribution in [3.63, 3.8) is 0 Å². The average molecular weight is 425 g/mol. The second kappa shape index (κ2) is 8.57. The molecule has 3 rings (SSSR count). The quantitative estimate of drug-likeness (QED) is 0.725. The fraction of sp³-hybridized carbons (Fsp3) is 0.381. The zero-order valence-corrected chi connectivity index (χ0v) is 16.5. The van der Waals surface area contributed by atoms with Gasteiger partial charge in [0.15, 0.2) is 9.84 Å². The molecule has 1 saturated heterocycles. The van der Waals surface area contributed by atoms with Gasteiger partial charge in [0.2, 0.25) is 5.91 Å². The first-order chi connectivity index (χ1) is 13.7. The van der Waals surface area contributed by atoms with Gasteiger partial charge in [0.05, 0.1) is 15.7 Å². The normalized spacial score (nSPS) is 16.0. The average Bonchev–Trinajstić information content (AvgIpc) is 2.72. The summed E-state index contributed by atoms with van der Waals surface area (Å²) < 4.78 is 63.2. The molecule has 0 bridgehead atoms. The Bertz CT molecular complexity index is 933. The summed E-state index contributed by atoms with van der Waals surface area (Å²) in [5.74, 6) is -0.111. The van der Waals surface area contributed by atoms with Crippen LogP contribution in [0.5, 0.6) is 0 Å². The van der Waals surface area contributed by atoms with Gasteiger partial charge in [-0.2, -0.15) is 13.2 Å². The summed E-state index contributed by atoms with van der Waals surface area (Å²) in [5.41, 5.74) is -0.0536. The number of rotatable bonds is 5. The minimum absolute atomic E-state index is 0.111. The summed E-state index contributed by atoms with van der Waals surface area (Å²) >= 11 is 0. The molecule has 1 aliphatic heterocycles. The number of benzene rings is 2. The van der Waals surface area contributed by atoms with Gasteiger partial charge in [-0.05, 0) is 49.1 Å². The SMILES string of the molecule is O=C(CCc1ccc(C(F)(F)F)cc1)N1CCC(S(=O)(=O)c2ccccc2)CC1. The first kappa shape index (κ1) is 21.4. The van der Waals surface area contributed by atoms with Gasteiger partial charge in [0.25, 0.3) is 0 Å². The van der Waals surface area contributed by atoms with E-state index in [9.17, 15) is 26.4 Å². The number of piperidine rings is 1. The molecule has 0 aliphatic carbocycles. The Labute approximate surface area is 168 Å². The third kappa shape index (κ3) is 5.18. The van der Waals surface area contributed by atoms with E-state index in [0.29, 0.717) is 42.8 Å². The van der Waals surface area contributed by atoms with E-state index in [4.69, 9.17) is 0 Å². The number of halogens is 3. The summed E-state index contributed by atoms with van der Waals surface area (Å²) in [6.45, 7) is 0.727. The number of sulfone groups is 1. The van der Waals surface area contributed by atoms with Crippen LogP contribution in [0, 0.1) is 0 Å². The minimum Gasteiger partial charge on any atom is -0.343 e. The van der Waals surface area contributed by atoms with Crippen molar-refractivity contribution in [2.75, 3.05) is 13.1 Å². The fourth-order valence-corrected chi connectivity index (χ4v) is 5.24. The summed E-state index contributed by atoms with van der Waals surface area (Å²) in [4.78, 5) is 14.4. The maximum atomic E-state index is 12.7. The third-order valence-corrected chi connectivity index (χ3v) is 7.49. The second-order valence-electron chi connectivity index (χ2n) is 7.13. The van der Waals surface area contributed by atoms with E-state index in [2.05, 4.69) is 0 Å². The number of amides is 1. The highest BCUT2D eigenvalue weighted by atomic mass is 32.2. The van der Waals surface area contributed by atoms with Crippen molar-refractivity contribution in [1.82, 2.24) is 4.90 Å². The molecule has 4 nitrogen and oxygen atoms in total. The first-order valence-corrected chi connectivity index (χ1v) is 11.0. The number of hydrogen-bond donors (Lipinski definition) is 0. The van der Waals surface area contributed by atoms with Gasteiger partial charge in [-0.15, -0.1) is 0 Å². The summed E-state index contributed by atoms with van der Waals surface area (Å²) in [6, 6.07) is 13.1. The van der Waals surface area contributed by atoms with Crippen LogP contribution in [0.4, 0.5) is 13.2 Å². The summed E-state index contributed by atoms with van der Waals surface area (Å²) in [6.07, 6.45) is -3.09. The Morgan fingerprint density at radius 1 is 0.966 bits per heavy atom. The smallest absolute Gasteiger partial charge is 0.343 e. The summed E-state index contributed by atoms with van der Waals surface area (Å²) in [5, 5.41) is -0.510. The van der Waals surface area contributed by atoms with Gasteiger partial charge >= 0.3 is 6.18 Å². The van der Waals surface area contributed by atoms with Gasteiger partial charge in [-0.3, -0.25) is 4.79 Å². The van der Waals surface area contributed by atoms with Crippen molar-refractivity contribution in [3.8, 4) is 0 Å². The molecule has 1 amide bonds. The van der Waals surface area contributed by atoms with Crippen LogP contribution in [0.3, 0.4) is 0 Å². The molecule has 1 fully saturated rings. The zero-order valence-electron chi connectivity index (χ0n) is 15.7. The Hall–Kier alpha value is -2.35. The molecule has 0 unspecified atom stereocenters. The molecule has 29 heavy (non-hydrogen) atoms. The number of alkyl halides is 3. The van der Waals surface area contributed by atoms with Crippen molar-refractivity contribution >= 4 is 15.7 Å². The Morgan fingerprint density at radius 3 is 2.10 bits per heavy atom. The maximum Gasteiger partial charge on any atom is 0.416 e. The molecule has 0 atom stereocenters. The lowest BCUT2D eigenvalue weighted by Crippen LogP contribution is -2.42. The van der Waals surface area contributed by atoms with Gasteiger partial charge < -0.3 is 4.90 Å². The molecule has 8 heteroatoms. The molecular weight excluding hydrogens is 403 g/mol. The van der Waals surface area contributed by atoms with Crippen molar-refractivity contribution < 1.29 is 26.4 Å². The van der Waals surface area contributed by atoms with E-state index in [1.54, 1.807) is 35.2 Å². The molecule has 0 saturated carbocycles.